The molecule has 32 heavy (non-hydrogen) atoms. The number of aliphatic hydroxyl groups is 1. The molecule has 2 heterocycles. The average molecular weight is 435 g/mol. The Hall–Kier alpha value is -3.87. The Kier molecular flexibility index (Phi) is 6.07. The molecule has 0 radical (unpaired) electrons. The molecule has 0 bridgehead atoms. The molecule has 0 spiro atoms. The van der Waals surface area contributed by atoms with Gasteiger partial charge in [0.25, 0.3) is 11.7 Å². The van der Waals surface area contributed by atoms with E-state index in [1.807, 2.05) is 6.92 Å². The molecule has 0 aliphatic carbocycles. The van der Waals surface area contributed by atoms with Gasteiger partial charge in [-0.3, -0.25) is 9.59 Å². The predicted molar refractivity (Wildman–Crippen MR) is 115 cm³/mol. The topological polar surface area (TPSA) is 80.0 Å². The van der Waals surface area contributed by atoms with Crippen molar-refractivity contribution in [2.75, 3.05) is 6.61 Å². The van der Waals surface area contributed by atoms with Gasteiger partial charge in [-0.05, 0) is 36.8 Å². The van der Waals surface area contributed by atoms with Crippen molar-refractivity contribution in [1.29, 1.82) is 0 Å². The molecule has 1 atom stereocenters. The maximum Gasteiger partial charge on any atom is 0.296 e. The number of carbonyl (C=O) groups excluding carboxylic acids is 2. The van der Waals surface area contributed by atoms with E-state index in [4.69, 9.17) is 9.15 Å². The molecule has 1 unspecified atom stereocenters. The number of nitrogens with zero attached hydrogens (tertiary/aromatic N) is 1. The highest BCUT2D eigenvalue weighted by atomic mass is 19.1. The maximum atomic E-state index is 14.8. The van der Waals surface area contributed by atoms with Gasteiger partial charge in [0, 0.05) is 11.1 Å². The number of amides is 1. The molecule has 3 aromatic rings. The molecule has 1 N–H and O–H groups in total. The van der Waals surface area contributed by atoms with Gasteiger partial charge in [0.2, 0.25) is 0 Å². The van der Waals surface area contributed by atoms with Gasteiger partial charge in [-0.1, -0.05) is 37.3 Å². The summed E-state index contributed by atoms with van der Waals surface area (Å²) in [6.07, 6.45) is 2.26. The average Bonchev–Trinajstić information content (AvgIpc) is 3.40. The van der Waals surface area contributed by atoms with Crippen molar-refractivity contribution < 1.29 is 28.2 Å². The fraction of sp³-hybridized carbons (Fsp3) is 0.200. The van der Waals surface area contributed by atoms with E-state index in [1.165, 1.54) is 29.4 Å². The molecule has 1 saturated heterocycles. The van der Waals surface area contributed by atoms with Crippen LogP contribution >= 0.6 is 0 Å². The highest BCUT2D eigenvalue weighted by Crippen LogP contribution is 2.41. The van der Waals surface area contributed by atoms with Gasteiger partial charge >= 0.3 is 0 Å². The molecule has 1 aliphatic rings. The van der Waals surface area contributed by atoms with E-state index in [1.54, 1.807) is 42.5 Å². The Morgan fingerprint density at radius 3 is 2.66 bits per heavy atom. The molecule has 164 valence electrons. The zero-order valence-electron chi connectivity index (χ0n) is 17.5. The number of likely N-dealkylation sites (tertiary alicyclic amines) is 1. The lowest BCUT2D eigenvalue weighted by atomic mass is 9.95. The fourth-order valence-electron chi connectivity index (χ4n) is 3.74. The number of ether oxygens (including phenoxy) is 1. The minimum atomic E-state index is -1.11. The number of aliphatic hydroxyl groups excluding tert-OH is 1. The molecule has 4 rings (SSSR count). The van der Waals surface area contributed by atoms with Crippen molar-refractivity contribution in [2.24, 2.45) is 0 Å². The summed E-state index contributed by atoms with van der Waals surface area (Å²) in [7, 11) is 0. The van der Waals surface area contributed by atoms with Gasteiger partial charge in [-0.25, -0.2) is 4.39 Å². The van der Waals surface area contributed by atoms with Crippen LogP contribution in [0.1, 0.15) is 36.3 Å². The number of rotatable bonds is 7. The van der Waals surface area contributed by atoms with Gasteiger partial charge in [0.05, 0.1) is 31.0 Å². The molecule has 6 nitrogen and oxygen atoms in total. The third-order valence-corrected chi connectivity index (χ3v) is 5.23. The first-order valence-corrected chi connectivity index (χ1v) is 10.3. The Bertz CT molecular complexity index is 1170. The first-order valence-electron chi connectivity index (χ1n) is 10.3. The number of halogens is 1. The lowest BCUT2D eigenvalue weighted by molar-refractivity contribution is -0.140. The van der Waals surface area contributed by atoms with Crippen molar-refractivity contribution in [3.8, 4) is 5.75 Å². The summed E-state index contributed by atoms with van der Waals surface area (Å²) in [5, 5.41) is 11.1. The standard InChI is InChI=1S/C25H22FNO5/c1-2-12-31-17-8-5-7-16(14-17)23(28)21-22(19-10-3-4-11-20(19)26)27(25(30)24(21)29)15-18-9-6-13-32-18/h3-11,13-14,22,28H,2,12,15H2,1H3/b23-21+. The van der Waals surface area contributed by atoms with Crippen LogP contribution < -0.4 is 4.74 Å². The van der Waals surface area contributed by atoms with E-state index in [0.717, 1.165) is 6.42 Å². The zero-order valence-corrected chi connectivity index (χ0v) is 17.5. The second-order valence-electron chi connectivity index (χ2n) is 7.40. The Labute approximate surface area is 184 Å². The largest absolute Gasteiger partial charge is 0.507 e. The zero-order chi connectivity index (χ0) is 22.7. The normalized spacial score (nSPS) is 17.7. The summed E-state index contributed by atoms with van der Waals surface area (Å²) in [6, 6.07) is 14.7. The Morgan fingerprint density at radius 1 is 1.12 bits per heavy atom. The quantitative estimate of drug-likeness (QED) is 0.327. The van der Waals surface area contributed by atoms with Crippen molar-refractivity contribution in [2.45, 2.75) is 25.9 Å². The van der Waals surface area contributed by atoms with Crippen LogP contribution in [0.5, 0.6) is 5.75 Å². The molecule has 1 amide bonds. The van der Waals surface area contributed by atoms with Crippen molar-refractivity contribution >= 4 is 17.4 Å². The molecular weight excluding hydrogens is 413 g/mol. The molecule has 7 heteroatoms. The van der Waals surface area contributed by atoms with Crippen LogP contribution in [0.2, 0.25) is 0 Å². The SMILES string of the molecule is CCCOc1cccc(/C(O)=C2\C(=O)C(=O)N(Cc3ccco3)C2c2ccccc2F)c1. The van der Waals surface area contributed by atoms with E-state index < -0.39 is 23.5 Å². The molecule has 1 aromatic heterocycles. The lowest BCUT2D eigenvalue weighted by Crippen LogP contribution is -2.29. The summed E-state index contributed by atoms with van der Waals surface area (Å²) in [5.74, 6) is -1.75. The monoisotopic (exact) mass is 435 g/mol. The number of Topliss-reactive ketones (excluding diaryl/α,β-unsaturated/α-hetero) is 1. The van der Waals surface area contributed by atoms with Crippen LogP contribution in [0.15, 0.2) is 76.9 Å². The summed E-state index contributed by atoms with van der Waals surface area (Å²) in [5.41, 5.74) is 0.230. The van der Waals surface area contributed by atoms with Crippen LogP contribution in [-0.2, 0) is 16.1 Å². The first-order chi connectivity index (χ1) is 15.5. The minimum absolute atomic E-state index is 0.0486. The maximum absolute atomic E-state index is 14.8. The van der Waals surface area contributed by atoms with E-state index >= 15 is 0 Å². The van der Waals surface area contributed by atoms with Gasteiger partial charge in [0.15, 0.2) is 0 Å². The number of hydrogen-bond donors (Lipinski definition) is 1. The van der Waals surface area contributed by atoms with Crippen LogP contribution in [0.3, 0.4) is 0 Å². The van der Waals surface area contributed by atoms with E-state index in [9.17, 15) is 19.1 Å². The third kappa shape index (κ3) is 4.01. The molecule has 2 aromatic carbocycles. The lowest BCUT2D eigenvalue weighted by Gasteiger charge is -2.24. The number of ketones is 1. The van der Waals surface area contributed by atoms with Crippen LogP contribution in [0.25, 0.3) is 5.76 Å². The van der Waals surface area contributed by atoms with Crippen molar-refractivity contribution in [3.63, 3.8) is 0 Å². The number of furan rings is 1. The van der Waals surface area contributed by atoms with Crippen molar-refractivity contribution in [1.82, 2.24) is 4.90 Å². The molecule has 1 fully saturated rings. The van der Waals surface area contributed by atoms with Gasteiger partial charge < -0.3 is 19.2 Å². The predicted octanol–water partition coefficient (Wildman–Crippen LogP) is 4.83. The van der Waals surface area contributed by atoms with Crippen LogP contribution in [-0.4, -0.2) is 28.3 Å². The van der Waals surface area contributed by atoms with E-state index in [2.05, 4.69) is 0 Å². The van der Waals surface area contributed by atoms with Gasteiger partial charge in [-0.2, -0.15) is 0 Å². The van der Waals surface area contributed by atoms with Crippen LogP contribution in [0, 0.1) is 5.82 Å². The van der Waals surface area contributed by atoms with Gasteiger partial charge in [-0.15, -0.1) is 0 Å². The number of hydrogen-bond acceptors (Lipinski definition) is 5. The highest BCUT2D eigenvalue weighted by molar-refractivity contribution is 6.46. The van der Waals surface area contributed by atoms with Gasteiger partial charge in [0.1, 0.15) is 23.1 Å². The second kappa shape index (κ2) is 9.09. The van der Waals surface area contributed by atoms with E-state index in [0.29, 0.717) is 23.7 Å². The van der Waals surface area contributed by atoms with E-state index in [-0.39, 0.29) is 23.4 Å². The summed E-state index contributed by atoms with van der Waals surface area (Å²) in [4.78, 5) is 27.2. The molecule has 0 saturated carbocycles. The Morgan fingerprint density at radius 2 is 1.94 bits per heavy atom. The smallest absolute Gasteiger partial charge is 0.296 e. The second-order valence-corrected chi connectivity index (χ2v) is 7.40. The summed E-state index contributed by atoms with van der Waals surface area (Å²) >= 11 is 0. The minimum Gasteiger partial charge on any atom is -0.507 e. The summed E-state index contributed by atoms with van der Waals surface area (Å²) < 4.78 is 25.7. The number of benzene rings is 2. The van der Waals surface area contributed by atoms with Crippen LogP contribution in [0.4, 0.5) is 4.39 Å². The fourth-order valence-corrected chi connectivity index (χ4v) is 3.74. The summed E-state index contributed by atoms with van der Waals surface area (Å²) in [6.45, 7) is 2.42. The Balaban J connectivity index is 1.84. The third-order valence-electron chi connectivity index (χ3n) is 5.23. The molecule has 1 aliphatic heterocycles. The first kappa shape index (κ1) is 21.4. The highest BCUT2D eigenvalue weighted by Gasteiger charge is 2.47. The number of carbonyl (C=O) groups is 2. The van der Waals surface area contributed by atoms with Crippen molar-refractivity contribution in [3.05, 3.63) is 95.2 Å². The molecular formula is C25H22FNO5.